The number of ether oxygens (including phenoxy) is 3. The van der Waals surface area contributed by atoms with Crippen molar-refractivity contribution in [1.29, 1.82) is 0 Å². The Hall–Kier alpha value is -3.83. The third-order valence-corrected chi connectivity index (χ3v) is 23.0. The summed E-state index contributed by atoms with van der Waals surface area (Å²) in [5, 5.41) is 28.0. The third-order valence-electron chi connectivity index (χ3n) is 16.2. The summed E-state index contributed by atoms with van der Waals surface area (Å²) < 4.78 is 82.0. The van der Waals surface area contributed by atoms with Crippen LogP contribution < -0.4 is 27.2 Å². The highest BCUT2D eigenvalue weighted by Gasteiger charge is 2.44. The van der Waals surface area contributed by atoms with E-state index in [1.54, 1.807) is 25.7 Å². The van der Waals surface area contributed by atoms with Gasteiger partial charge >= 0.3 is 43.1 Å². The van der Waals surface area contributed by atoms with Gasteiger partial charge in [-0.15, -0.1) is 0 Å². The highest BCUT2D eigenvalue weighted by molar-refractivity contribution is 8.77. The molecule has 8 rings (SSSR count). The molecule has 3 amide bonds. The lowest BCUT2D eigenvalue weighted by Crippen LogP contribution is -2.46. The van der Waals surface area contributed by atoms with Crippen molar-refractivity contribution in [1.82, 2.24) is 39.3 Å². The van der Waals surface area contributed by atoms with Crippen LogP contribution in [0, 0.1) is 17.8 Å². The van der Waals surface area contributed by atoms with E-state index in [1.807, 2.05) is 0 Å². The summed E-state index contributed by atoms with van der Waals surface area (Å²) in [7, 11) is -19.5. The SMILES string of the molecule is C1CCC(C2CCCCC2)CC1.O=C(CCCCCNC(=O)C(NC(=O)C1CCCCC1)SSCCOC(=O)Nc1ncnc2c1ncn2C1CC(O)C(COP(=O)(O)OP(=O)(O)OP(=O)(O)O)O1)CCCn1c(=O)ccn(C2CC(O)C(COP(=O)(O)O)O2)c1=O. The third kappa shape index (κ3) is 24.7. The van der Waals surface area contributed by atoms with Crippen molar-refractivity contribution in [2.24, 2.45) is 17.8 Å². The van der Waals surface area contributed by atoms with E-state index in [0.717, 1.165) is 74.2 Å². The van der Waals surface area contributed by atoms with Crippen LogP contribution in [0.25, 0.3) is 11.2 Å². The average molecular weight is 1420 g/mol. The molecule has 0 radical (unpaired) electrons. The molecule has 2 aliphatic heterocycles. The van der Waals surface area contributed by atoms with Crippen molar-refractivity contribution < 1.29 is 109 Å². The molecule has 34 nitrogen and oxygen atoms in total. The normalized spacial score (nSPS) is 23.6. The molecule has 92 heavy (non-hydrogen) atoms. The lowest BCUT2D eigenvalue weighted by molar-refractivity contribution is -0.129. The Labute approximate surface area is 536 Å². The van der Waals surface area contributed by atoms with Gasteiger partial charge in [0, 0.05) is 62.7 Å². The molecule has 9 unspecified atom stereocenters. The second-order valence-corrected chi connectivity index (χ2v) is 31.3. The number of aliphatic hydroxyl groups excluding tert-OH is 2. The van der Waals surface area contributed by atoms with Crippen molar-refractivity contribution in [3.05, 3.63) is 45.8 Å². The van der Waals surface area contributed by atoms with Gasteiger partial charge < -0.3 is 64.4 Å². The Morgan fingerprint density at radius 3 is 1.91 bits per heavy atom. The van der Waals surface area contributed by atoms with Crippen LogP contribution in [0.4, 0.5) is 10.6 Å². The molecule has 5 heterocycles. The summed E-state index contributed by atoms with van der Waals surface area (Å²) in [6, 6.07) is 1.13. The Bertz CT molecular complexity index is 3230. The fraction of sp³-hybridized carbons (Fsp3) is 0.750. The number of amides is 3. The fourth-order valence-electron chi connectivity index (χ4n) is 11.7. The van der Waals surface area contributed by atoms with Gasteiger partial charge in [-0.05, 0) is 43.9 Å². The molecular formula is C52H83N9O25P4S2. The molecule has 3 aliphatic carbocycles. The van der Waals surface area contributed by atoms with Gasteiger partial charge in [-0.3, -0.25) is 47.2 Å². The number of aliphatic hydroxyl groups is 2. The van der Waals surface area contributed by atoms with Gasteiger partial charge in [0.2, 0.25) is 5.91 Å². The number of phosphoric acid groups is 4. The zero-order valence-electron chi connectivity index (χ0n) is 50.4. The number of aromatic nitrogens is 6. The quantitative estimate of drug-likeness (QED) is 0.0154. The van der Waals surface area contributed by atoms with Gasteiger partial charge in [0.25, 0.3) is 11.5 Å². The van der Waals surface area contributed by atoms with E-state index in [9.17, 15) is 67.0 Å². The van der Waals surface area contributed by atoms with E-state index >= 15 is 0 Å². The second kappa shape index (κ2) is 36.0. The first-order chi connectivity index (χ1) is 43.6. The van der Waals surface area contributed by atoms with Crippen molar-refractivity contribution >= 4 is 93.6 Å². The van der Waals surface area contributed by atoms with E-state index in [2.05, 4.69) is 48.6 Å². The van der Waals surface area contributed by atoms with E-state index < -0.39 is 110 Å². The molecule has 0 bridgehead atoms. The van der Waals surface area contributed by atoms with Gasteiger partial charge in [0.15, 0.2) is 22.4 Å². The number of carbonyl (C=O) groups is 4. The number of unbranched alkanes of at least 4 members (excludes halogenated alkanes) is 2. The summed E-state index contributed by atoms with van der Waals surface area (Å²) >= 11 is 0. The first-order valence-corrected chi connectivity index (χ1v) is 39.0. The van der Waals surface area contributed by atoms with E-state index in [1.165, 1.54) is 55.6 Å². The summed E-state index contributed by atoms with van der Waals surface area (Å²) in [5.74, 6) is 1.32. The molecule has 0 spiro atoms. The van der Waals surface area contributed by atoms with Crippen molar-refractivity contribution in [3.8, 4) is 0 Å². The number of Topliss-reactive ketones (excluding diaryl/α,β-unsaturated/α-hetero) is 1. The average Bonchev–Trinajstić information content (AvgIpc) is 1.66. The number of imidazole rings is 1. The molecule has 40 heteroatoms. The van der Waals surface area contributed by atoms with Gasteiger partial charge in [-0.2, -0.15) is 8.62 Å². The molecule has 11 N–H and O–H groups in total. The number of nitrogens with one attached hydrogen (secondary N) is 3. The second-order valence-electron chi connectivity index (χ2n) is 23.0. The highest BCUT2D eigenvalue weighted by atomic mass is 33.1. The Morgan fingerprint density at radius 2 is 1.29 bits per heavy atom. The minimum Gasteiger partial charge on any atom is -0.448 e. The topological polar surface area (TPSA) is 487 Å². The Morgan fingerprint density at radius 1 is 0.696 bits per heavy atom. The van der Waals surface area contributed by atoms with E-state index in [-0.39, 0.29) is 92.1 Å². The van der Waals surface area contributed by atoms with Gasteiger partial charge in [-0.25, -0.2) is 42.8 Å². The van der Waals surface area contributed by atoms with Crippen LogP contribution in [0.1, 0.15) is 160 Å². The molecule has 9 atom stereocenters. The highest BCUT2D eigenvalue weighted by Crippen LogP contribution is 2.66. The van der Waals surface area contributed by atoms with Crippen molar-refractivity contribution in [3.63, 3.8) is 0 Å². The fourth-order valence-corrected chi connectivity index (χ4v) is 17.1. The van der Waals surface area contributed by atoms with Crippen LogP contribution in [0.15, 0.2) is 34.5 Å². The van der Waals surface area contributed by atoms with Crippen LogP contribution in [0.3, 0.4) is 0 Å². The molecule has 5 aliphatic rings. The maximum absolute atomic E-state index is 13.4. The summed E-state index contributed by atoms with van der Waals surface area (Å²) in [6.07, 6.45) is 16.8. The van der Waals surface area contributed by atoms with E-state index in [4.69, 9.17) is 33.8 Å². The smallest absolute Gasteiger partial charge is 0.448 e. The number of rotatable bonds is 32. The van der Waals surface area contributed by atoms with Crippen LogP contribution in [-0.2, 0) is 71.1 Å². The number of fused-ring (bicyclic) bond motifs is 1. The predicted octanol–water partition coefficient (Wildman–Crippen LogP) is 5.72. The molecule has 2 saturated heterocycles. The van der Waals surface area contributed by atoms with Gasteiger partial charge in [-0.1, -0.05) is 111 Å². The van der Waals surface area contributed by atoms with Gasteiger partial charge in [0.05, 0.1) is 31.7 Å². The van der Waals surface area contributed by atoms with E-state index in [0.29, 0.717) is 32.1 Å². The number of phosphoric ester groups is 2. The molecular weight excluding hydrogens is 1340 g/mol. The number of anilines is 1. The van der Waals surface area contributed by atoms with Crippen molar-refractivity contribution in [2.45, 2.75) is 196 Å². The number of hydrogen-bond donors (Lipinski definition) is 11. The number of ketones is 1. The molecule has 3 saturated carbocycles. The minimum atomic E-state index is -5.78. The zero-order chi connectivity index (χ0) is 66.6. The van der Waals surface area contributed by atoms with Crippen LogP contribution in [-0.4, -0.2) is 154 Å². The Balaban J connectivity index is 0.000000888. The van der Waals surface area contributed by atoms with Crippen molar-refractivity contribution in [2.75, 3.05) is 37.4 Å². The lowest BCUT2D eigenvalue weighted by Gasteiger charge is -2.32. The summed E-state index contributed by atoms with van der Waals surface area (Å²) in [6.45, 7) is -1.53. The summed E-state index contributed by atoms with van der Waals surface area (Å²) in [4.78, 5) is 145. The standard InChI is InChI=1S/C40H61N9O25P4S2.C12H22/c50-25(11-7-14-47-30(53)12-15-48(40(47)57)31-18-26(51)28(71-31)20-69-75(58,59)60)10-5-2-6-13-41-37(55)38(46-36(54)24-8-3-1-4-9-24)80-79-17-16-68-39(56)45-34-33-35(43-22-42-34)49(23-44-33)32-19-27(52)29(72-32)21-70-77(64,65)74-78(66,67)73-76(61,62)63;1-3-7-11(8-4-1)12-9-5-2-6-10-12/h12,15,22-24,26-29,31-32,38,51-52H,1-11,13-14,16-21H2,(H,41,55)(H,46,54)(H,64,65)(H,66,67)(H2,58,59,60)(H2,61,62,63)(H,42,43,45,56);11-12H,1-10H2. The predicted molar refractivity (Wildman–Crippen MR) is 330 cm³/mol. The molecule has 518 valence electrons. The van der Waals surface area contributed by atoms with Crippen LogP contribution in [0.2, 0.25) is 0 Å². The monoisotopic (exact) mass is 1420 g/mol. The first-order valence-electron chi connectivity index (χ1n) is 30.6. The maximum atomic E-state index is 13.4. The van der Waals surface area contributed by atoms with Crippen LogP contribution >= 0.6 is 52.9 Å². The molecule has 3 aromatic heterocycles. The number of nitrogens with zero attached hydrogens (tertiary/aromatic N) is 6. The molecule has 0 aromatic carbocycles. The number of carbonyl (C=O) groups excluding carboxylic acids is 4. The lowest BCUT2D eigenvalue weighted by atomic mass is 9.73. The largest absolute Gasteiger partial charge is 0.490 e. The zero-order valence-corrected chi connectivity index (χ0v) is 55.6. The minimum absolute atomic E-state index is 0.0569. The van der Waals surface area contributed by atoms with Gasteiger partial charge in [0.1, 0.15) is 43.4 Å². The summed E-state index contributed by atoms with van der Waals surface area (Å²) in [5.41, 5.74) is -1.21. The Kier molecular flexibility index (Phi) is 29.5. The first kappa shape index (κ1) is 75.5. The molecule has 3 aromatic rings. The maximum Gasteiger partial charge on any atom is 0.490 e. The van der Waals surface area contributed by atoms with Crippen LogP contribution in [0.5, 0.6) is 0 Å². The number of hydrogen-bond acceptors (Lipinski definition) is 24. The molecule has 5 fully saturated rings.